The van der Waals surface area contributed by atoms with Crippen LogP contribution in [0.1, 0.15) is 10.4 Å². The van der Waals surface area contributed by atoms with Gasteiger partial charge in [0, 0.05) is 7.14 Å². The number of hydrogen-bond donors (Lipinski definition) is 1. The molecule has 0 aliphatic carbocycles. The summed E-state index contributed by atoms with van der Waals surface area (Å²) in [5.74, 6) is -1.18. The van der Waals surface area contributed by atoms with Gasteiger partial charge in [-0.15, -0.1) is 0 Å². The molecule has 3 nitrogen and oxygen atoms in total. The number of carbonyl (C=O) groups is 1. The standard InChI is InChI=1S/C7H5I2NO2/c8-4-1-3(7(11)12)2-5(9)6(4)10/h1-2H,10H2,(H,11,12)/p-1. The normalized spacial score (nSPS) is 9.83. The Morgan fingerprint density at radius 1 is 1.33 bits per heavy atom. The number of rotatable bonds is 1. The fraction of sp³-hybridized carbons (Fsp3) is 0. The fourth-order valence-electron chi connectivity index (χ4n) is 0.702. The summed E-state index contributed by atoms with van der Waals surface area (Å²) in [4.78, 5) is 10.5. The van der Waals surface area contributed by atoms with E-state index in [1.807, 2.05) is 45.2 Å². The van der Waals surface area contributed by atoms with E-state index in [0.717, 1.165) is 7.14 Å². The van der Waals surface area contributed by atoms with Crippen LogP contribution in [0.2, 0.25) is 0 Å². The van der Waals surface area contributed by atoms with Crippen LogP contribution in [0, 0.1) is 7.14 Å². The average molecular weight is 388 g/mol. The van der Waals surface area contributed by atoms with Crippen LogP contribution in [0.5, 0.6) is 0 Å². The van der Waals surface area contributed by atoms with Crippen LogP contribution in [-0.4, -0.2) is 5.97 Å². The molecule has 2 N–H and O–H groups in total. The first-order valence-electron chi connectivity index (χ1n) is 2.98. The molecule has 0 atom stereocenters. The Bertz CT molecular complexity index is 315. The number of carbonyl (C=O) groups excluding carboxylic acids is 1. The van der Waals surface area contributed by atoms with Gasteiger partial charge >= 0.3 is 0 Å². The van der Waals surface area contributed by atoms with Gasteiger partial charge in [-0.3, -0.25) is 0 Å². The summed E-state index contributed by atoms with van der Waals surface area (Å²) >= 11 is 3.98. The molecular formula is C7H4I2NO2-. The molecule has 0 radical (unpaired) electrons. The topological polar surface area (TPSA) is 66.2 Å². The molecule has 0 heterocycles. The second kappa shape index (κ2) is 3.77. The summed E-state index contributed by atoms with van der Waals surface area (Å²) in [6.07, 6.45) is 0. The highest BCUT2D eigenvalue weighted by atomic mass is 127. The summed E-state index contributed by atoms with van der Waals surface area (Å²) in [6, 6.07) is 2.99. The number of aromatic carboxylic acids is 1. The second-order valence-corrected chi connectivity index (χ2v) is 4.47. The van der Waals surface area contributed by atoms with Crippen molar-refractivity contribution < 1.29 is 9.90 Å². The fourth-order valence-corrected chi connectivity index (χ4v) is 2.47. The van der Waals surface area contributed by atoms with E-state index >= 15 is 0 Å². The highest BCUT2D eigenvalue weighted by molar-refractivity contribution is 14.1. The maximum Gasteiger partial charge on any atom is 0.0716 e. The minimum absolute atomic E-state index is 0.165. The highest BCUT2D eigenvalue weighted by Crippen LogP contribution is 2.23. The van der Waals surface area contributed by atoms with Crippen LogP contribution in [0.3, 0.4) is 0 Å². The SMILES string of the molecule is Nc1c(I)cc(C(=O)[O-])cc1I. The Morgan fingerprint density at radius 2 is 1.75 bits per heavy atom. The molecule has 0 aromatic heterocycles. The largest absolute Gasteiger partial charge is 0.545 e. The number of benzene rings is 1. The molecule has 1 aromatic carbocycles. The molecule has 0 fully saturated rings. The predicted octanol–water partition coefficient (Wildman–Crippen LogP) is 0.842. The molecule has 0 unspecified atom stereocenters. The number of nitrogens with two attached hydrogens (primary N) is 1. The molecule has 0 saturated carbocycles. The summed E-state index contributed by atoms with van der Waals surface area (Å²) in [5, 5.41) is 10.5. The molecular weight excluding hydrogens is 384 g/mol. The number of nitrogen functional groups attached to an aromatic ring is 1. The summed E-state index contributed by atoms with van der Waals surface area (Å²) in [7, 11) is 0. The predicted molar refractivity (Wildman–Crippen MR) is 60.6 cm³/mol. The number of carboxylic acids is 1. The summed E-state index contributed by atoms with van der Waals surface area (Å²) in [5.41, 5.74) is 6.40. The highest BCUT2D eigenvalue weighted by Gasteiger charge is 2.03. The summed E-state index contributed by atoms with van der Waals surface area (Å²) < 4.78 is 1.47. The van der Waals surface area contributed by atoms with Crippen molar-refractivity contribution in [3.05, 3.63) is 24.8 Å². The second-order valence-electron chi connectivity index (χ2n) is 2.14. The van der Waals surface area contributed by atoms with E-state index in [4.69, 9.17) is 5.73 Å². The number of hydrogen-bond acceptors (Lipinski definition) is 3. The van der Waals surface area contributed by atoms with Crippen molar-refractivity contribution in [3.63, 3.8) is 0 Å². The Hall–Kier alpha value is -0.0500. The van der Waals surface area contributed by atoms with Crippen molar-refractivity contribution >= 4 is 56.8 Å². The molecule has 0 spiro atoms. The van der Waals surface area contributed by atoms with Crippen molar-refractivity contribution in [1.29, 1.82) is 0 Å². The average Bonchev–Trinajstić information content (AvgIpc) is 1.99. The maximum absolute atomic E-state index is 10.5. The van der Waals surface area contributed by atoms with E-state index in [1.54, 1.807) is 0 Å². The molecule has 0 amide bonds. The van der Waals surface area contributed by atoms with Crippen LogP contribution in [0.4, 0.5) is 5.69 Å². The first kappa shape index (κ1) is 10.0. The lowest BCUT2D eigenvalue weighted by atomic mass is 10.2. The lowest BCUT2D eigenvalue weighted by Crippen LogP contribution is -2.22. The molecule has 12 heavy (non-hydrogen) atoms. The molecule has 1 aromatic rings. The third-order valence-corrected chi connectivity index (χ3v) is 3.10. The minimum atomic E-state index is -1.18. The first-order chi connectivity index (χ1) is 5.52. The Balaban J connectivity index is 3.31. The molecule has 0 bridgehead atoms. The molecule has 0 saturated heterocycles. The van der Waals surface area contributed by atoms with Crippen LogP contribution in [0.15, 0.2) is 12.1 Å². The number of carboxylic acid groups (broad SMARTS) is 1. The van der Waals surface area contributed by atoms with Gasteiger partial charge < -0.3 is 15.6 Å². The van der Waals surface area contributed by atoms with Crippen LogP contribution in [-0.2, 0) is 0 Å². The molecule has 0 aliphatic heterocycles. The van der Waals surface area contributed by atoms with E-state index in [0.29, 0.717) is 5.69 Å². The minimum Gasteiger partial charge on any atom is -0.545 e. The third kappa shape index (κ3) is 2.00. The smallest absolute Gasteiger partial charge is 0.0716 e. The molecule has 5 heteroatoms. The zero-order valence-electron chi connectivity index (χ0n) is 5.80. The van der Waals surface area contributed by atoms with Crippen molar-refractivity contribution in [3.8, 4) is 0 Å². The van der Waals surface area contributed by atoms with Gasteiger partial charge in [-0.05, 0) is 62.9 Å². The van der Waals surface area contributed by atoms with Gasteiger partial charge in [-0.1, -0.05) is 0 Å². The lowest BCUT2D eigenvalue weighted by Gasteiger charge is -2.06. The number of anilines is 1. The van der Waals surface area contributed by atoms with E-state index in [9.17, 15) is 9.90 Å². The van der Waals surface area contributed by atoms with Gasteiger partial charge in [0.25, 0.3) is 0 Å². The number of halogens is 2. The monoisotopic (exact) mass is 388 g/mol. The van der Waals surface area contributed by atoms with E-state index in [-0.39, 0.29) is 5.56 Å². The van der Waals surface area contributed by atoms with E-state index in [2.05, 4.69) is 0 Å². The van der Waals surface area contributed by atoms with Crippen molar-refractivity contribution in [2.24, 2.45) is 0 Å². The zero-order chi connectivity index (χ0) is 9.30. The van der Waals surface area contributed by atoms with Gasteiger partial charge in [0.1, 0.15) is 0 Å². The van der Waals surface area contributed by atoms with Gasteiger partial charge in [0.15, 0.2) is 0 Å². The molecule has 64 valence electrons. The Labute approximate surface area is 96.6 Å². The lowest BCUT2D eigenvalue weighted by molar-refractivity contribution is -0.255. The van der Waals surface area contributed by atoms with Gasteiger partial charge in [-0.2, -0.15) is 0 Å². The van der Waals surface area contributed by atoms with Gasteiger partial charge in [0.05, 0.1) is 11.7 Å². The van der Waals surface area contributed by atoms with E-state index < -0.39 is 5.97 Å². The van der Waals surface area contributed by atoms with Crippen LogP contribution in [0.25, 0.3) is 0 Å². The Kier molecular flexibility index (Phi) is 3.16. The maximum atomic E-state index is 10.5. The molecule has 0 aliphatic rings. The molecule has 1 rings (SSSR count). The van der Waals surface area contributed by atoms with Crippen molar-refractivity contribution in [2.75, 3.05) is 5.73 Å². The quantitative estimate of drug-likeness (QED) is 0.573. The van der Waals surface area contributed by atoms with Crippen LogP contribution >= 0.6 is 45.2 Å². The first-order valence-corrected chi connectivity index (χ1v) is 5.14. The van der Waals surface area contributed by atoms with Gasteiger partial charge in [0.2, 0.25) is 0 Å². The zero-order valence-corrected chi connectivity index (χ0v) is 10.1. The Morgan fingerprint density at radius 3 is 2.08 bits per heavy atom. The third-order valence-electron chi connectivity index (χ3n) is 1.31. The van der Waals surface area contributed by atoms with Crippen molar-refractivity contribution in [2.45, 2.75) is 0 Å². The van der Waals surface area contributed by atoms with Crippen LogP contribution < -0.4 is 10.8 Å². The van der Waals surface area contributed by atoms with Crippen molar-refractivity contribution in [1.82, 2.24) is 0 Å². The summed E-state index contributed by atoms with van der Waals surface area (Å²) in [6.45, 7) is 0. The van der Waals surface area contributed by atoms with E-state index in [1.165, 1.54) is 12.1 Å². The van der Waals surface area contributed by atoms with Gasteiger partial charge in [-0.25, -0.2) is 0 Å².